The SMILES string of the molecule is CC1(C)OC2C(=O)[C@@]3(C[C@@H]3COC(=O)c3ccccc3)O[C@@H]2O1. The van der Waals surface area contributed by atoms with Gasteiger partial charge < -0.3 is 18.9 Å². The summed E-state index contributed by atoms with van der Waals surface area (Å²) in [5, 5.41) is 0. The Morgan fingerprint density at radius 2 is 1.96 bits per heavy atom. The smallest absolute Gasteiger partial charge is 0.338 e. The molecule has 2 heterocycles. The van der Waals surface area contributed by atoms with Crippen LogP contribution in [0.5, 0.6) is 0 Å². The highest BCUT2D eigenvalue weighted by atomic mass is 16.8. The average molecular weight is 318 g/mol. The standard InChI is InChI=1S/C17H18O6/c1-16(2)21-12-13(18)17(23-15(12)22-16)8-11(17)9-20-14(19)10-6-4-3-5-7-10/h3-7,11-12,15H,8-9H2,1-2H3/t11-,12?,15+,17+/m1/s1. The molecule has 1 aliphatic carbocycles. The Hall–Kier alpha value is -1.76. The molecule has 0 amide bonds. The number of benzene rings is 1. The molecule has 1 unspecified atom stereocenters. The van der Waals surface area contributed by atoms with E-state index in [2.05, 4.69) is 0 Å². The third kappa shape index (κ3) is 2.38. The lowest BCUT2D eigenvalue weighted by Crippen LogP contribution is -2.33. The van der Waals surface area contributed by atoms with E-state index in [0.29, 0.717) is 12.0 Å². The Morgan fingerprint density at radius 3 is 2.65 bits per heavy atom. The molecule has 6 nitrogen and oxygen atoms in total. The Labute approximate surface area is 133 Å². The maximum atomic E-state index is 12.5. The highest BCUT2D eigenvalue weighted by Gasteiger charge is 2.72. The number of Topliss-reactive ketones (excluding diaryl/α,β-unsaturated/α-hetero) is 1. The second kappa shape index (κ2) is 4.87. The lowest BCUT2D eigenvalue weighted by atomic mass is 10.1. The van der Waals surface area contributed by atoms with Crippen LogP contribution in [0.3, 0.4) is 0 Å². The van der Waals surface area contributed by atoms with E-state index in [9.17, 15) is 9.59 Å². The normalized spacial score (nSPS) is 37.0. The van der Waals surface area contributed by atoms with Crippen molar-refractivity contribution in [3.63, 3.8) is 0 Å². The first-order chi connectivity index (χ1) is 10.9. The highest BCUT2D eigenvalue weighted by Crippen LogP contribution is 2.56. The average Bonchev–Trinajstić information content (AvgIpc) is 3.06. The van der Waals surface area contributed by atoms with Crippen LogP contribution in [0.4, 0.5) is 0 Å². The number of rotatable bonds is 3. The summed E-state index contributed by atoms with van der Waals surface area (Å²) in [6, 6.07) is 8.76. The van der Waals surface area contributed by atoms with Gasteiger partial charge in [-0.15, -0.1) is 0 Å². The van der Waals surface area contributed by atoms with Gasteiger partial charge in [0.05, 0.1) is 12.2 Å². The molecule has 1 aromatic rings. The van der Waals surface area contributed by atoms with Crippen LogP contribution in [0.1, 0.15) is 30.6 Å². The molecule has 1 saturated carbocycles. The molecule has 0 radical (unpaired) electrons. The molecule has 3 aliphatic rings. The molecule has 1 spiro atoms. The van der Waals surface area contributed by atoms with Gasteiger partial charge in [0.25, 0.3) is 0 Å². The third-order valence-electron chi connectivity index (χ3n) is 4.53. The van der Waals surface area contributed by atoms with E-state index in [1.807, 2.05) is 6.07 Å². The van der Waals surface area contributed by atoms with Gasteiger partial charge in [-0.1, -0.05) is 18.2 Å². The van der Waals surface area contributed by atoms with Gasteiger partial charge in [-0.2, -0.15) is 0 Å². The number of carbonyl (C=O) groups excluding carboxylic acids is 2. The molecule has 0 N–H and O–H groups in total. The second-order valence-corrected chi connectivity index (χ2v) is 6.66. The van der Waals surface area contributed by atoms with E-state index in [1.165, 1.54) is 0 Å². The van der Waals surface area contributed by atoms with E-state index in [4.69, 9.17) is 18.9 Å². The van der Waals surface area contributed by atoms with Crippen LogP contribution in [0.15, 0.2) is 30.3 Å². The Balaban J connectivity index is 1.36. The number of hydrogen-bond donors (Lipinski definition) is 0. The van der Waals surface area contributed by atoms with Crippen molar-refractivity contribution in [2.45, 2.75) is 44.1 Å². The van der Waals surface area contributed by atoms with E-state index in [-0.39, 0.29) is 18.3 Å². The predicted octanol–water partition coefficient (Wildman–Crippen LogP) is 1.68. The number of ether oxygens (including phenoxy) is 4. The highest BCUT2D eigenvalue weighted by molar-refractivity contribution is 5.97. The number of esters is 1. The van der Waals surface area contributed by atoms with Crippen molar-refractivity contribution in [3.8, 4) is 0 Å². The summed E-state index contributed by atoms with van der Waals surface area (Å²) < 4.78 is 22.3. The first-order valence-corrected chi connectivity index (χ1v) is 7.71. The zero-order chi connectivity index (χ0) is 16.2. The number of fused-ring (bicyclic) bond motifs is 1. The van der Waals surface area contributed by atoms with Crippen LogP contribution < -0.4 is 0 Å². The second-order valence-electron chi connectivity index (χ2n) is 6.66. The maximum absolute atomic E-state index is 12.5. The van der Waals surface area contributed by atoms with E-state index < -0.39 is 29.8 Å². The number of ketones is 1. The summed E-state index contributed by atoms with van der Waals surface area (Å²) >= 11 is 0. The van der Waals surface area contributed by atoms with E-state index in [1.54, 1.807) is 38.1 Å². The monoisotopic (exact) mass is 318 g/mol. The van der Waals surface area contributed by atoms with Crippen LogP contribution in [-0.2, 0) is 23.7 Å². The number of carbonyl (C=O) groups is 2. The molecule has 23 heavy (non-hydrogen) atoms. The van der Waals surface area contributed by atoms with Gasteiger partial charge in [0.15, 0.2) is 24.0 Å². The lowest BCUT2D eigenvalue weighted by molar-refractivity contribution is -0.210. The Bertz CT molecular complexity index is 654. The molecule has 6 heteroatoms. The molecular weight excluding hydrogens is 300 g/mol. The molecule has 2 aliphatic heterocycles. The van der Waals surface area contributed by atoms with Crippen LogP contribution >= 0.6 is 0 Å². The van der Waals surface area contributed by atoms with Crippen molar-refractivity contribution in [2.75, 3.05) is 6.61 Å². The van der Waals surface area contributed by atoms with Gasteiger partial charge in [-0.05, 0) is 32.4 Å². The first kappa shape index (κ1) is 14.8. The zero-order valence-corrected chi connectivity index (χ0v) is 13.0. The molecule has 2 saturated heterocycles. The molecule has 1 aromatic carbocycles. The topological polar surface area (TPSA) is 71.1 Å². The summed E-state index contributed by atoms with van der Waals surface area (Å²) in [6.45, 7) is 3.66. The van der Waals surface area contributed by atoms with Crippen molar-refractivity contribution in [3.05, 3.63) is 35.9 Å². The fourth-order valence-electron chi connectivity index (χ4n) is 3.28. The van der Waals surface area contributed by atoms with Gasteiger partial charge >= 0.3 is 5.97 Å². The summed E-state index contributed by atoms with van der Waals surface area (Å²) in [5.74, 6) is -1.44. The lowest BCUT2D eigenvalue weighted by Gasteiger charge is -2.20. The maximum Gasteiger partial charge on any atom is 0.338 e. The summed E-state index contributed by atoms with van der Waals surface area (Å²) in [7, 11) is 0. The minimum Gasteiger partial charge on any atom is -0.462 e. The van der Waals surface area contributed by atoms with Crippen molar-refractivity contribution >= 4 is 11.8 Å². The third-order valence-corrected chi connectivity index (χ3v) is 4.53. The predicted molar refractivity (Wildman–Crippen MR) is 77.5 cm³/mol. The molecule has 122 valence electrons. The first-order valence-electron chi connectivity index (χ1n) is 7.71. The van der Waals surface area contributed by atoms with Crippen molar-refractivity contribution < 1.29 is 28.5 Å². The van der Waals surface area contributed by atoms with E-state index in [0.717, 1.165) is 0 Å². The fraction of sp³-hybridized carbons (Fsp3) is 0.529. The quantitative estimate of drug-likeness (QED) is 0.790. The van der Waals surface area contributed by atoms with Crippen LogP contribution in [-0.4, -0.2) is 42.1 Å². The minimum atomic E-state index is -0.900. The van der Waals surface area contributed by atoms with Gasteiger partial charge in [0.2, 0.25) is 0 Å². The molecule has 4 rings (SSSR count). The molecule has 3 fully saturated rings. The summed E-state index contributed by atoms with van der Waals surface area (Å²) in [4.78, 5) is 24.5. The van der Waals surface area contributed by atoms with Gasteiger partial charge in [-0.25, -0.2) is 4.79 Å². The van der Waals surface area contributed by atoms with Crippen molar-refractivity contribution in [1.82, 2.24) is 0 Å². The van der Waals surface area contributed by atoms with Crippen LogP contribution in [0, 0.1) is 5.92 Å². The molecule has 0 bridgehead atoms. The Morgan fingerprint density at radius 1 is 1.22 bits per heavy atom. The fourth-order valence-corrected chi connectivity index (χ4v) is 3.28. The van der Waals surface area contributed by atoms with Crippen molar-refractivity contribution in [2.24, 2.45) is 5.92 Å². The summed E-state index contributed by atoms with van der Waals surface area (Å²) in [6.07, 6.45) is -0.805. The van der Waals surface area contributed by atoms with Crippen LogP contribution in [0.25, 0.3) is 0 Å². The van der Waals surface area contributed by atoms with Gasteiger partial charge in [0.1, 0.15) is 5.60 Å². The zero-order valence-electron chi connectivity index (χ0n) is 13.0. The van der Waals surface area contributed by atoms with Gasteiger partial charge in [0, 0.05) is 5.92 Å². The van der Waals surface area contributed by atoms with Crippen molar-refractivity contribution in [1.29, 1.82) is 0 Å². The largest absolute Gasteiger partial charge is 0.462 e. The van der Waals surface area contributed by atoms with E-state index >= 15 is 0 Å². The minimum absolute atomic E-state index is 0.103. The molecule has 4 atom stereocenters. The summed E-state index contributed by atoms with van der Waals surface area (Å²) in [5.41, 5.74) is -0.408. The van der Waals surface area contributed by atoms with Gasteiger partial charge in [-0.3, -0.25) is 4.79 Å². The molecule has 0 aromatic heterocycles. The molecular formula is C17H18O6. The Kier molecular flexibility index (Phi) is 3.13. The van der Waals surface area contributed by atoms with Crippen LogP contribution in [0.2, 0.25) is 0 Å². The number of hydrogen-bond acceptors (Lipinski definition) is 6.